The molecule has 24 heavy (non-hydrogen) atoms. The van der Waals surface area contributed by atoms with Crippen LogP contribution >= 0.6 is 0 Å². The van der Waals surface area contributed by atoms with Crippen LogP contribution in [0, 0.1) is 5.92 Å². The second-order valence-electron chi connectivity index (χ2n) is 5.64. The van der Waals surface area contributed by atoms with E-state index < -0.39 is 5.76 Å². The molecule has 1 aromatic heterocycles. The summed E-state index contributed by atoms with van der Waals surface area (Å²) in [7, 11) is 0. The van der Waals surface area contributed by atoms with E-state index in [1.54, 1.807) is 31.2 Å². The molecule has 0 bridgehead atoms. The standard InChI is InChI=1S/C17H16N2O5/c1-9(6-10-2-4-13(20)14(21)7-10)16(22)18-11-3-5-15-12(8-11)19-17(23)24-15/h2-5,7-9,20-21H,6H2,1H3,(H,18,22)(H,19,23). The van der Waals surface area contributed by atoms with Gasteiger partial charge in [-0.15, -0.1) is 0 Å². The Labute approximate surface area is 136 Å². The number of hydrogen-bond acceptors (Lipinski definition) is 5. The normalized spacial score (nSPS) is 12.2. The van der Waals surface area contributed by atoms with Gasteiger partial charge in [0.15, 0.2) is 17.1 Å². The SMILES string of the molecule is CC(Cc1ccc(O)c(O)c1)C(=O)Nc1ccc2oc(=O)[nH]c2c1. The Balaban J connectivity index is 1.70. The van der Waals surface area contributed by atoms with Crippen LogP contribution in [-0.2, 0) is 11.2 Å². The summed E-state index contributed by atoms with van der Waals surface area (Å²) >= 11 is 0. The minimum Gasteiger partial charge on any atom is -0.504 e. The van der Waals surface area contributed by atoms with Crippen LogP contribution in [-0.4, -0.2) is 21.1 Å². The highest BCUT2D eigenvalue weighted by molar-refractivity contribution is 5.94. The summed E-state index contributed by atoms with van der Waals surface area (Å²) in [6, 6.07) is 9.35. The Kier molecular flexibility index (Phi) is 3.99. The van der Waals surface area contributed by atoms with Gasteiger partial charge in [0.05, 0.1) is 5.52 Å². The molecule has 0 saturated carbocycles. The zero-order chi connectivity index (χ0) is 17.3. The Morgan fingerprint density at radius 3 is 2.75 bits per heavy atom. The summed E-state index contributed by atoms with van der Waals surface area (Å²) in [5.41, 5.74) is 2.21. The fourth-order valence-corrected chi connectivity index (χ4v) is 2.44. The number of phenols is 2. The fraction of sp³-hybridized carbons (Fsp3) is 0.176. The summed E-state index contributed by atoms with van der Waals surface area (Å²) in [6.07, 6.45) is 0.407. The predicted octanol–water partition coefficient (Wildman–Crippen LogP) is 2.35. The summed E-state index contributed by atoms with van der Waals surface area (Å²) in [5.74, 6) is -1.51. The van der Waals surface area contributed by atoms with Crippen LogP contribution in [0.3, 0.4) is 0 Å². The van der Waals surface area contributed by atoms with Gasteiger partial charge in [0.25, 0.3) is 0 Å². The average Bonchev–Trinajstić information content (AvgIpc) is 2.90. The molecule has 0 spiro atoms. The van der Waals surface area contributed by atoms with Gasteiger partial charge in [-0.1, -0.05) is 13.0 Å². The van der Waals surface area contributed by atoms with Crippen molar-refractivity contribution in [2.45, 2.75) is 13.3 Å². The zero-order valence-electron chi connectivity index (χ0n) is 12.9. The Morgan fingerprint density at radius 1 is 1.21 bits per heavy atom. The van der Waals surface area contributed by atoms with Crippen molar-refractivity contribution in [3.63, 3.8) is 0 Å². The van der Waals surface area contributed by atoms with E-state index in [1.807, 2.05) is 0 Å². The fourth-order valence-electron chi connectivity index (χ4n) is 2.44. The zero-order valence-corrected chi connectivity index (χ0v) is 12.9. The minimum atomic E-state index is -0.547. The Morgan fingerprint density at radius 2 is 2.00 bits per heavy atom. The molecule has 2 aromatic carbocycles. The number of fused-ring (bicyclic) bond motifs is 1. The van der Waals surface area contributed by atoms with Crippen molar-refractivity contribution in [2.75, 3.05) is 5.32 Å². The maximum atomic E-state index is 12.3. The van der Waals surface area contributed by atoms with Gasteiger partial charge >= 0.3 is 5.76 Å². The number of H-pyrrole nitrogens is 1. The molecule has 1 amide bonds. The number of hydrogen-bond donors (Lipinski definition) is 4. The second kappa shape index (κ2) is 6.11. The van der Waals surface area contributed by atoms with Gasteiger partial charge < -0.3 is 19.9 Å². The van der Waals surface area contributed by atoms with Crippen LogP contribution in [0.25, 0.3) is 11.1 Å². The number of nitrogens with one attached hydrogen (secondary N) is 2. The molecule has 0 fully saturated rings. The van der Waals surface area contributed by atoms with E-state index in [1.165, 1.54) is 12.1 Å². The highest BCUT2D eigenvalue weighted by Crippen LogP contribution is 2.26. The number of rotatable bonds is 4. The molecule has 7 heteroatoms. The van der Waals surface area contributed by atoms with Crippen molar-refractivity contribution in [3.05, 3.63) is 52.5 Å². The third-order valence-corrected chi connectivity index (χ3v) is 3.72. The van der Waals surface area contributed by atoms with Crippen molar-refractivity contribution in [3.8, 4) is 11.5 Å². The van der Waals surface area contributed by atoms with Gasteiger partial charge in [-0.25, -0.2) is 4.79 Å². The van der Waals surface area contributed by atoms with Crippen molar-refractivity contribution in [2.24, 2.45) is 5.92 Å². The minimum absolute atomic E-state index is 0.196. The van der Waals surface area contributed by atoms with Crippen molar-refractivity contribution < 1.29 is 19.4 Å². The molecule has 1 atom stereocenters. The maximum absolute atomic E-state index is 12.3. The monoisotopic (exact) mass is 328 g/mol. The lowest BCUT2D eigenvalue weighted by Crippen LogP contribution is -2.22. The number of carbonyl (C=O) groups is 1. The molecule has 0 saturated heterocycles. The molecule has 7 nitrogen and oxygen atoms in total. The summed E-state index contributed by atoms with van der Waals surface area (Å²) in [6.45, 7) is 1.76. The molecule has 0 radical (unpaired) electrons. The molecule has 0 aliphatic carbocycles. The highest BCUT2D eigenvalue weighted by atomic mass is 16.4. The molecule has 3 rings (SSSR count). The van der Waals surface area contributed by atoms with Gasteiger partial charge in [0.2, 0.25) is 5.91 Å². The summed E-state index contributed by atoms with van der Waals surface area (Å²) < 4.78 is 4.91. The first kappa shape index (κ1) is 15.7. The van der Waals surface area contributed by atoms with Gasteiger partial charge in [-0.05, 0) is 42.3 Å². The predicted molar refractivity (Wildman–Crippen MR) is 88.1 cm³/mol. The lowest BCUT2D eigenvalue weighted by molar-refractivity contribution is -0.119. The van der Waals surface area contributed by atoms with Crippen molar-refractivity contribution >= 4 is 22.7 Å². The number of oxazole rings is 1. The number of benzene rings is 2. The smallest absolute Gasteiger partial charge is 0.417 e. The van der Waals surface area contributed by atoms with E-state index in [2.05, 4.69) is 10.3 Å². The summed E-state index contributed by atoms with van der Waals surface area (Å²) in [4.78, 5) is 26.0. The number of carbonyl (C=O) groups excluding carboxylic acids is 1. The van der Waals surface area contributed by atoms with Gasteiger partial charge in [0, 0.05) is 11.6 Å². The number of aromatic hydroxyl groups is 2. The third-order valence-electron chi connectivity index (χ3n) is 3.72. The molecular weight excluding hydrogens is 312 g/mol. The van der Waals surface area contributed by atoms with E-state index >= 15 is 0 Å². The van der Waals surface area contributed by atoms with Crippen LogP contribution < -0.4 is 11.1 Å². The van der Waals surface area contributed by atoms with E-state index in [0.717, 1.165) is 5.56 Å². The number of aromatic amines is 1. The topological polar surface area (TPSA) is 116 Å². The third kappa shape index (κ3) is 3.24. The molecule has 0 aliphatic heterocycles. The molecule has 0 aliphatic rings. The molecule has 1 heterocycles. The van der Waals surface area contributed by atoms with E-state index in [-0.39, 0.29) is 23.3 Å². The van der Waals surface area contributed by atoms with Crippen LogP contribution in [0.5, 0.6) is 11.5 Å². The first-order chi connectivity index (χ1) is 11.4. The van der Waals surface area contributed by atoms with Crippen LogP contribution in [0.4, 0.5) is 5.69 Å². The Bertz CT molecular complexity index is 957. The van der Waals surface area contributed by atoms with Gasteiger partial charge in [-0.2, -0.15) is 0 Å². The quantitative estimate of drug-likeness (QED) is 0.549. The van der Waals surface area contributed by atoms with E-state index in [0.29, 0.717) is 23.2 Å². The second-order valence-corrected chi connectivity index (χ2v) is 5.64. The molecule has 3 aromatic rings. The number of amides is 1. The lowest BCUT2D eigenvalue weighted by Gasteiger charge is -2.13. The van der Waals surface area contributed by atoms with Crippen LogP contribution in [0.2, 0.25) is 0 Å². The van der Waals surface area contributed by atoms with E-state index in [9.17, 15) is 19.8 Å². The lowest BCUT2D eigenvalue weighted by atomic mass is 10.00. The maximum Gasteiger partial charge on any atom is 0.417 e. The van der Waals surface area contributed by atoms with Gasteiger partial charge in [-0.3, -0.25) is 9.78 Å². The van der Waals surface area contributed by atoms with Crippen molar-refractivity contribution in [1.29, 1.82) is 0 Å². The Hall–Kier alpha value is -3.22. The molecular formula is C17H16N2O5. The average molecular weight is 328 g/mol. The number of aromatic nitrogens is 1. The first-order valence-corrected chi connectivity index (χ1v) is 7.37. The molecule has 4 N–H and O–H groups in total. The van der Waals surface area contributed by atoms with Gasteiger partial charge in [0.1, 0.15) is 0 Å². The van der Waals surface area contributed by atoms with Crippen molar-refractivity contribution in [1.82, 2.24) is 4.98 Å². The largest absolute Gasteiger partial charge is 0.504 e. The first-order valence-electron chi connectivity index (χ1n) is 7.37. The number of phenolic OH excluding ortho intramolecular Hbond substituents is 2. The molecule has 1 unspecified atom stereocenters. The van der Waals surface area contributed by atoms with Crippen LogP contribution in [0.15, 0.2) is 45.6 Å². The number of anilines is 1. The molecule has 124 valence electrons. The summed E-state index contributed by atoms with van der Waals surface area (Å²) in [5, 5.41) is 21.6. The van der Waals surface area contributed by atoms with Crippen LogP contribution in [0.1, 0.15) is 12.5 Å². The van der Waals surface area contributed by atoms with E-state index in [4.69, 9.17) is 4.42 Å². The highest BCUT2D eigenvalue weighted by Gasteiger charge is 2.15.